The van der Waals surface area contributed by atoms with Gasteiger partial charge in [0.05, 0.1) is 6.54 Å². The van der Waals surface area contributed by atoms with E-state index in [0.717, 1.165) is 37.4 Å². The summed E-state index contributed by atoms with van der Waals surface area (Å²) < 4.78 is 0. The van der Waals surface area contributed by atoms with Gasteiger partial charge < -0.3 is 16.0 Å². The molecule has 1 aliphatic carbocycles. The zero-order valence-corrected chi connectivity index (χ0v) is 11.5. The zero-order chi connectivity index (χ0) is 13.7. The molecule has 3 N–H and O–H groups in total. The molecule has 0 spiro atoms. The molecule has 0 unspecified atom stereocenters. The van der Waals surface area contributed by atoms with Gasteiger partial charge in [0.25, 0.3) is 0 Å². The molecular weight excluding hydrogens is 242 g/mol. The summed E-state index contributed by atoms with van der Waals surface area (Å²) in [5, 5.41) is 8.87. The van der Waals surface area contributed by atoms with Gasteiger partial charge in [0, 0.05) is 25.6 Å². The quantitative estimate of drug-likeness (QED) is 0.691. The lowest BCUT2D eigenvalue weighted by atomic mass is 10.3. The highest BCUT2D eigenvalue weighted by atomic mass is 16.1. The Bertz CT molecular complexity index is 445. The minimum Gasteiger partial charge on any atom is -0.370 e. The first-order valence-corrected chi connectivity index (χ1v) is 6.80. The minimum atomic E-state index is -0.0605. The summed E-state index contributed by atoms with van der Waals surface area (Å²) in [6.45, 7) is 3.22. The predicted molar refractivity (Wildman–Crippen MR) is 75.3 cm³/mol. The van der Waals surface area contributed by atoms with E-state index in [4.69, 9.17) is 0 Å². The van der Waals surface area contributed by atoms with Crippen molar-refractivity contribution >= 4 is 17.5 Å². The maximum atomic E-state index is 11.2. The number of rotatable bonds is 7. The van der Waals surface area contributed by atoms with Gasteiger partial charge in [-0.2, -0.15) is 0 Å². The number of carbonyl (C=O) groups excluding carboxylic acids is 1. The molecule has 104 valence electrons. The van der Waals surface area contributed by atoms with Crippen molar-refractivity contribution in [2.75, 3.05) is 30.8 Å². The molecule has 0 radical (unpaired) electrons. The molecule has 2 rings (SSSR count). The second-order valence-corrected chi connectivity index (χ2v) is 4.72. The molecule has 1 aliphatic rings. The molecule has 1 aromatic heterocycles. The molecule has 6 heteroatoms. The Hall–Kier alpha value is -1.85. The Morgan fingerprint density at radius 3 is 2.58 bits per heavy atom. The van der Waals surface area contributed by atoms with E-state index in [2.05, 4.69) is 32.8 Å². The van der Waals surface area contributed by atoms with Gasteiger partial charge in [0.2, 0.25) is 5.91 Å². The lowest BCUT2D eigenvalue weighted by Gasteiger charge is -2.10. The lowest BCUT2D eigenvalue weighted by molar-refractivity contribution is -0.118. The van der Waals surface area contributed by atoms with Gasteiger partial charge in [-0.3, -0.25) is 4.79 Å². The van der Waals surface area contributed by atoms with Crippen LogP contribution in [-0.2, 0) is 4.79 Å². The van der Waals surface area contributed by atoms with Crippen LogP contribution in [0.25, 0.3) is 0 Å². The maximum absolute atomic E-state index is 11.2. The Balaban J connectivity index is 2.07. The zero-order valence-electron chi connectivity index (χ0n) is 11.5. The summed E-state index contributed by atoms with van der Waals surface area (Å²) in [6.07, 6.45) is 3.36. The molecule has 0 aromatic carbocycles. The molecule has 0 atom stereocenters. The molecule has 0 aliphatic heterocycles. The van der Waals surface area contributed by atoms with E-state index in [0.29, 0.717) is 11.7 Å². The third-order valence-corrected chi connectivity index (χ3v) is 2.95. The van der Waals surface area contributed by atoms with Gasteiger partial charge in [-0.1, -0.05) is 6.92 Å². The number of carbonyl (C=O) groups is 1. The highest BCUT2D eigenvalue weighted by Crippen LogP contribution is 2.38. The van der Waals surface area contributed by atoms with E-state index in [9.17, 15) is 4.79 Å². The van der Waals surface area contributed by atoms with E-state index in [1.165, 1.54) is 0 Å². The standard InChI is InChI=1S/C13H21N5O/c1-3-6-15-10-7-11(16-8-12(19)14-2)18-13(17-10)9-4-5-9/h7,9H,3-6,8H2,1-2H3,(H,14,19)(H2,15,16,17,18). The molecule has 1 heterocycles. The minimum absolute atomic E-state index is 0.0605. The molecule has 19 heavy (non-hydrogen) atoms. The highest BCUT2D eigenvalue weighted by molar-refractivity contribution is 5.80. The number of aromatic nitrogens is 2. The second-order valence-electron chi connectivity index (χ2n) is 4.72. The van der Waals surface area contributed by atoms with Crippen molar-refractivity contribution in [3.63, 3.8) is 0 Å². The number of hydrogen-bond acceptors (Lipinski definition) is 5. The molecule has 1 fully saturated rings. The summed E-state index contributed by atoms with van der Waals surface area (Å²) in [5.74, 6) is 2.84. The van der Waals surface area contributed by atoms with Crippen molar-refractivity contribution in [1.82, 2.24) is 15.3 Å². The fourth-order valence-corrected chi connectivity index (χ4v) is 1.68. The van der Waals surface area contributed by atoms with Crippen LogP contribution in [0.4, 0.5) is 11.6 Å². The van der Waals surface area contributed by atoms with Crippen LogP contribution in [-0.4, -0.2) is 36.0 Å². The SMILES string of the molecule is CCCNc1cc(NCC(=O)NC)nc(C2CC2)n1. The first-order chi connectivity index (χ1) is 9.22. The van der Waals surface area contributed by atoms with Crippen LogP contribution in [0.1, 0.15) is 37.9 Å². The van der Waals surface area contributed by atoms with E-state index in [1.807, 2.05) is 6.07 Å². The smallest absolute Gasteiger partial charge is 0.239 e. The number of nitrogens with one attached hydrogen (secondary N) is 3. The molecule has 1 amide bonds. The van der Waals surface area contributed by atoms with E-state index in [-0.39, 0.29) is 12.5 Å². The lowest BCUT2D eigenvalue weighted by Crippen LogP contribution is -2.26. The number of amides is 1. The van der Waals surface area contributed by atoms with E-state index in [1.54, 1.807) is 7.05 Å². The Kier molecular flexibility index (Phi) is 4.54. The molecule has 0 bridgehead atoms. The van der Waals surface area contributed by atoms with Gasteiger partial charge in [-0.15, -0.1) is 0 Å². The van der Waals surface area contributed by atoms with Crippen LogP contribution in [0, 0.1) is 0 Å². The molecular formula is C13H21N5O. The fraction of sp³-hybridized carbons (Fsp3) is 0.615. The van der Waals surface area contributed by atoms with Gasteiger partial charge in [0.1, 0.15) is 17.5 Å². The maximum Gasteiger partial charge on any atom is 0.239 e. The van der Waals surface area contributed by atoms with Gasteiger partial charge in [0.15, 0.2) is 0 Å². The van der Waals surface area contributed by atoms with Crippen molar-refractivity contribution in [3.8, 4) is 0 Å². The summed E-state index contributed by atoms with van der Waals surface area (Å²) >= 11 is 0. The third-order valence-electron chi connectivity index (χ3n) is 2.95. The molecule has 6 nitrogen and oxygen atoms in total. The summed E-state index contributed by atoms with van der Waals surface area (Å²) in [7, 11) is 1.62. The summed E-state index contributed by atoms with van der Waals surface area (Å²) in [4.78, 5) is 20.2. The Morgan fingerprint density at radius 1 is 1.32 bits per heavy atom. The van der Waals surface area contributed by atoms with Crippen molar-refractivity contribution in [2.24, 2.45) is 0 Å². The van der Waals surface area contributed by atoms with Crippen molar-refractivity contribution in [3.05, 3.63) is 11.9 Å². The summed E-state index contributed by atoms with van der Waals surface area (Å²) in [5.41, 5.74) is 0. The van der Waals surface area contributed by atoms with Crippen LogP contribution in [0.5, 0.6) is 0 Å². The Morgan fingerprint density at radius 2 is 2.00 bits per heavy atom. The van der Waals surface area contributed by atoms with Crippen molar-refractivity contribution < 1.29 is 4.79 Å². The monoisotopic (exact) mass is 263 g/mol. The summed E-state index contributed by atoms with van der Waals surface area (Å²) in [6, 6.07) is 1.85. The normalized spacial score (nSPS) is 14.0. The van der Waals surface area contributed by atoms with Gasteiger partial charge >= 0.3 is 0 Å². The second kappa shape index (κ2) is 6.36. The third kappa shape index (κ3) is 4.08. The van der Waals surface area contributed by atoms with Crippen LogP contribution in [0.2, 0.25) is 0 Å². The highest BCUT2D eigenvalue weighted by Gasteiger charge is 2.27. The first kappa shape index (κ1) is 13.6. The predicted octanol–water partition coefficient (Wildman–Crippen LogP) is 1.33. The van der Waals surface area contributed by atoms with Crippen LogP contribution in [0.3, 0.4) is 0 Å². The molecule has 1 aromatic rings. The number of hydrogen-bond donors (Lipinski definition) is 3. The van der Waals surface area contributed by atoms with Crippen molar-refractivity contribution in [1.29, 1.82) is 0 Å². The van der Waals surface area contributed by atoms with E-state index < -0.39 is 0 Å². The fourth-order valence-electron chi connectivity index (χ4n) is 1.68. The number of anilines is 2. The molecule has 0 saturated heterocycles. The average Bonchev–Trinajstić information content (AvgIpc) is 3.26. The molecule has 1 saturated carbocycles. The first-order valence-electron chi connectivity index (χ1n) is 6.80. The Labute approximate surface area is 113 Å². The van der Waals surface area contributed by atoms with Crippen LogP contribution in [0.15, 0.2) is 6.07 Å². The number of nitrogens with zero attached hydrogens (tertiary/aromatic N) is 2. The topological polar surface area (TPSA) is 78.9 Å². The number of likely N-dealkylation sites (N-methyl/N-ethyl adjacent to an activating group) is 1. The van der Waals surface area contributed by atoms with E-state index >= 15 is 0 Å². The average molecular weight is 263 g/mol. The largest absolute Gasteiger partial charge is 0.370 e. The van der Waals surface area contributed by atoms with Gasteiger partial charge in [-0.05, 0) is 19.3 Å². The van der Waals surface area contributed by atoms with Crippen LogP contribution >= 0.6 is 0 Å². The van der Waals surface area contributed by atoms with Crippen molar-refractivity contribution in [2.45, 2.75) is 32.1 Å². The van der Waals surface area contributed by atoms with Gasteiger partial charge in [-0.25, -0.2) is 9.97 Å². The van der Waals surface area contributed by atoms with Crippen LogP contribution < -0.4 is 16.0 Å².